The van der Waals surface area contributed by atoms with Gasteiger partial charge in [0.05, 0.1) is 16.7 Å². The number of nitrogens with zero attached hydrogens (tertiary/aromatic N) is 1. The van der Waals surface area contributed by atoms with Gasteiger partial charge in [-0.25, -0.2) is 0 Å². The second kappa shape index (κ2) is 5.34. The minimum Gasteiger partial charge on any atom is -0.324 e. The van der Waals surface area contributed by atoms with Gasteiger partial charge >= 0.3 is 0 Å². The van der Waals surface area contributed by atoms with Crippen LogP contribution in [-0.2, 0) is 10.2 Å². The lowest BCUT2D eigenvalue weighted by atomic mass is 9.95. The van der Waals surface area contributed by atoms with Gasteiger partial charge in [0.2, 0.25) is 5.91 Å². The van der Waals surface area contributed by atoms with Crippen molar-refractivity contribution < 1.29 is 4.79 Å². The molecule has 0 bridgehead atoms. The number of hydrogen-bond acceptors (Lipinski definition) is 2. The Labute approximate surface area is 131 Å². The van der Waals surface area contributed by atoms with Gasteiger partial charge in [-0.05, 0) is 36.6 Å². The molecule has 21 heavy (non-hydrogen) atoms. The highest BCUT2D eigenvalue weighted by Gasteiger charge is 2.51. The fourth-order valence-electron chi connectivity index (χ4n) is 2.49. The highest BCUT2D eigenvalue weighted by Crippen LogP contribution is 2.49. The molecule has 1 N–H and O–H groups in total. The third kappa shape index (κ3) is 2.57. The molecular formula is C17H13BrN2O. The number of carbonyl (C=O) groups excluding carboxylic acids is 1. The van der Waals surface area contributed by atoms with Crippen LogP contribution in [0.3, 0.4) is 0 Å². The quantitative estimate of drug-likeness (QED) is 0.918. The predicted octanol–water partition coefficient (Wildman–Crippen LogP) is 3.99. The first-order valence-electron chi connectivity index (χ1n) is 6.72. The predicted molar refractivity (Wildman–Crippen MR) is 84.8 cm³/mol. The van der Waals surface area contributed by atoms with Crippen LogP contribution in [-0.4, -0.2) is 5.91 Å². The Balaban J connectivity index is 1.87. The Morgan fingerprint density at radius 1 is 1.19 bits per heavy atom. The van der Waals surface area contributed by atoms with Gasteiger partial charge in [-0.1, -0.05) is 46.3 Å². The average Bonchev–Trinajstić information content (AvgIpc) is 3.31. The van der Waals surface area contributed by atoms with Gasteiger partial charge in [0.1, 0.15) is 6.07 Å². The molecule has 4 heteroatoms. The van der Waals surface area contributed by atoms with Crippen molar-refractivity contribution in [3.63, 3.8) is 0 Å². The first-order chi connectivity index (χ1) is 10.2. The molecule has 0 aliphatic heterocycles. The fraction of sp³-hybridized carbons (Fsp3) is 0.176. The zero-order chi connectivity index (χ0) is 14.9. The molecule has 0 spiro atoms. The van der Waals surface area contributed by atoms with Gasteiger partial charge in [0.15, 0.2) is 0 Å². The SMILES string of the molecule is N#Cc1cc(Br)ccc1NC(=O)C1(c2ccccc2)CC1. The standard InChI is InChI=1S/C17H13BrN2O/c18-14-6-7-15(12(10-14)11-19)20-16(21)17(8-9-17)13-4-2-1-3-5-13/h1-7,10H,8-9H2,(H,20,21). The molecular weight excluding hydrogens is 328 g/mol. The number of nitriles is 1. The molecule has 0 aromatic heterocycles. The van der Waals surface area contributed by atoms with Gasteiger partial charge in [0, 0.05) is 4.47 Å². The molecule has 1 amide bonds. The normalized spacial score (nSPS) is 15.0. The Hall–Kier alpha value is -2.12. The van der Waals surface area contributed by atoms with Gasteiger partial charge in [-0.3, -0.25) is 4.79 Å². The van der Waals surface area contributed by atoms with Crippen molar-refractivity contribution in [2.24, 2.45) is 0 Å². The summed E-state index contributed by atoms with van der Waals surface area (Å²) >= 11 is 3.33. The molecule has 0 heterocycles. The van der Waals surface area contributed by atoms with Crippen LogP contribution in [0.25, 0.3) is 0 Å². The van der Waals surface area contributed by atoms with E-state index in [4.69, 9.17) is 5.26 Å². The van der Waals surface area contributed by atoms with E-state index < -0.39 is 5.41 Å². The van der Waals surface area contributed by atoms with Crippen molar-refractivity contribution in [2.75, 3.05) is 5.32 Å². The average molecular weight is 341 g/mol. The van der Waals surface area contributed by atoms with Crippen LogP contribution in [0, 0.1) is 11.3 Å². The summed E-state index contributed by atoms with van der Waals surface area (Å²) in [5.74, 6) is -0.0347. The molecule has 3 nitrogen and oxygen atoms in total. The minimum atomic E-state index is -0.430. The lowest BCUT2D eigenvalue weighted by molar-refractivity contribution is -0.118. The molecule has 1 fully saturated rings. The van der Waals surface area contributed by atoms with Crippen LogP contribution in [0.2, 0.25) is 0 Å². The first-order valence-corrected chi connectivity index (χ1v) is 7.52. The minimum absolute atomic E-state index is 0.0347. The van der Waals surface area contributed by atoms with Crippen molar-refractivity contribution in [1.29, 1.82) is 5.26 Å². The summed E-state index contributed by atoms with van der Waals surface area (Å²) in [4.78, 5) is 12.6. The fourth-order valence-corrected chi connectivity index (χ4v) is 2.85. The van der Waals surface area contributed by atoms with E-state index in [1.54, 1.807) is 12.1 Å². The van der Waals surface area contributed by atoms with E-state index >= 15 is 0 Å². The van der Waals surface area contributed by atoms with E-state index in [9.17, 15) is 4.79 Å². The number of hydrogen-bond donors (Lipinski definition) is 1. The number of benzene rings is 2. The second-order valence-electron chi connectivity index (χ2n) is 5.20. The van der Waals surface area contributed by atoms with E-state index in [1.165, 1.54) is 0 Å². The van der Waals surface area contributed by atoms with Gasteiger partial charge in [-0.15, -0.1) is 0 Å². The molecule has 0 saturated heterocycles. The topological polar surface area (TPSA) is 52.9 Å². The Bertz CT molecular complexity index is 730. The van der Waals surface area contributed by atoms with E-state index in [0.717, 1.165) is 22.9 Å². The number of carbonyl (C=O) groups is 1. The van der Waals surface area contributed by atoms with Crippen LogP contribution in [0.15, 0.2) is 53.0 Å². The largest absolute Gasteiger partial charge is 0.324 e. The van der Waals surface area contributed by atoms with Crippen molar-refractivity contribution in [3.8, 4) is 6.07 Å². The Morgan fingerprint density at radius 2 is 1.90 bits per heavy atom. The van der Waals surface area contributed by atoms with Crippen LogP contribution < -0.4 is 5.32 Å². The monoisotopic (exact) mass is 340 g/mol. The molecule has 2 aromatic rings. The summed E-state index contributed by atoms with van der Waals surface area (Å²) in [6.07, 6.45) is 1.70. The lowest BCUT2D eigenvalue weighted by Crippen LogP contribution is -2.28. The molecule has 1 saturated carbocycles. The number of rotatable bonds is 3. The summed E-state index contributed by atoms with van der Waals surface area (Å²) in [7, 11) is 0. The maximum absolute atomic E-state index is 12.6. The van der Waals surface area contributed by atoms with Gasteiger partial charge in [-0.2, -0.15) is 5.26 Å². The van der Waals surface area contributed by atoms with Gasteiger partial charge in [0.25, 0.3) is 0 Å². The summed E-state index contributed by atoms with van der Waals surface area (Å²) in [6.45, 7) is 0. The molecule has 0 atom stereocenters. The van der Waals surface area contributed by atoms with E-state index in [1.807, 2.05) is 36.4 Å². The third-order valence-electron chi connectivity index (χ3n) is 3.86. The summed E-state index contributed by atoms with van der Waals surface area (Å²) < 4.78 is 0.821. The van der Waals surface area contributed by atoms with E-state index in [0.29, 0.717) is 11.3 Å². The van der Waals surface area contributed by atoms with Crippen LogP contribution in [0.1, 0.15) is 24.0 Å². The van der Waals surface area contributed by atoms with Crippen molar-refractivity contribution in [2.45, 2.75) is 18.3 Å². The molecule has 0 radical (unpaired) electrons. The zero-order valence-corrected chi connectivity index (χ0v) is 12.9. The highest BCUT2D eigenvalue weighted by atomic mass is 79.9. The summed E-state index contributed by atoms with van der Waals surface area (Å²) in [5, 5.41) is 12.1. The Morgan fingerprint density at radius 3 is 2.52 bits per heavy atom. The smallest absolute Gasteiger partial charge is 0.235 e. The molecule has 1 aliphatic rings. The summed E-state index contributed by atoms with van der Waals surface area (Å²) in [6, 6.07) is 17.2. The van der Waals surface area contributed by atoms with Crippen molar-refractivity contribution >= 4 is 27.5 Å². The third-order valence-corrected chi connectivity index (χ3v) is 4.35. The Kier molecular flexibility index (Phi) is 3.52. The molecule has 3 rings (SSSR count). The van der Waals surface area contributed by atoms with Crippen molar-refractivity contribution in [3.05, 3.63) is 64.1 Å². The van der Waals surface area contributed by atoms with Crippen LogP contribution >= 0.6 is 15.9 Å². The van der Waals surface area contributed by atoms with Crippen LogP contribution in [0.4, 0.5) is 5.69 Å². The maximum Gasteiger partial charge on any atom is 0.235 e. The number of nitrogens with one attached hydrogen (secondary N) is 1. The summed E-state index contributed by atoms with van der Waals surface area (Å²) in [5.41, 5.74) is 1.63. The molecule has 1 aliphatic carbocycles. The zero-order valence-electron chi connectivity index (χ0n) is 11.3. The first kappa shape index (κ1) is 13.8. The lowest BCUT2D eigenvalue weighted by Gasteiger charge is -2.16. The van der Waals surface area contributed by atoms with E-state index in [2.05, 4.69) is 27.3 Å². The van der Waals surface area contributed by atoms with Crippen LogP contribution in [0.5, 0.6) is 0 Å². The number of amides is 1. The number of halogens is 1. The number of anilines is 1. The molecule has 0 unspecified atom stereocenters. The van der Waals surface area contributed by atoms with E-state index in [-0.39, 0.29) is 5.91 Å². The molecule has 104 valence electrons. The molecule has 2 aromatic carbocycles. The van der Waals surface area contributed by atoms with Gasteiger partial charge < -0.3 is 5.32 Å². The second-order valence-corrected chi connectivity index (χ2v) is 6.12. The van der Waals surface area contributed by atoms with Crippen molar-refractivity contribution in [1.82, 2.24) is 0 Å². The highest BCUT2D eigenvalue weighted by molar-refractivity contribution is 9.10. The maximum atomic E-state index is 12.6.